The number of hydrogen-bond acceptors (Lipinski definition) is 6. The maximum atomic E-state index is 11.4. The zero-order valence-electron chi connectivity index (χ0n) is 9.37. The van der Waals surface area contributed by atoms with Gasteiger partial charge in [0.25, 0.3) is 5.91 Å². The molecule has 96 valence electrons. The molecule has 0 atom stereocenters. The zero-order chi connectivity index (χ0) is 12.5. The third kappa shape index (κ3) is 4.89. The average Bonchev–Trinajstić information content (AvgIpc) is 2.80. The number of amides is 1. The molecule has 0 saturated heterocycles. The fourth-order valence-electron chi connectivity index (χ4n) is 1.08. The minimum absolute atomic E-state index is 0.0217. The Labute approximate surface area is 98.2 Å². The van der Waals surface area contributed by atoms with E-state index in [1.54, 1.807) is 0 Å². The highest BCUT2D eigenvalue weighted by Crippen LogP contribution is 1.90. The van der Waals surface area contributed by atoms with Crippen LogP contribution < -0.4 is 5.32 Å². The molecule has 8 nitrogen and oxygen atoms in total. The molecule has 0 radical (unpaired) electrons. The third-order valence-corrected chi connectivity index (χ3v) is 1.84. The smallest absolute Gasteiger partial charge is 0.291 e. The molecule has 1 aromatic rings. The first kappa shape index (κ1) is 13.6. The normalized spacial score (nSPS) is 10.5. The number of carbonyl (C=O) groups is 1. The number of aromatic nitrogens is 3. The number of ether oxygens (including phenoxy) is 1. The molecule has 0 aliphatic carbocycles. The largest absolute Gasteiger partial charge is 0.395 e. The number of nitrogens with one attached hydrogen (secondary N) is 1. The maximum absolute atomic E-state index is 11.4. The van der Waals surface area contributed by atoms with Gasteiger partial charge < -0.3 is 20.3 Å². The van der Waals surface area contributed by atoms with Crippen LogP contribution in [0.2, 0.25) is 0 Å². The van der Waals surface area contributed by atoms with E-state index in [0.29, 0.717) is 13.2 Å². The molecule has 1 heterocycles. The fraction of sp³-hybridized carbons (Fsp3) is 0.667. The van der Waals surface area contributed by atoms with Gasteiger partial charge in [0.2, 0.25) is 5.82 Å². The lowest BCUT2D eigenvalue weighted by Crippen LogP contribution is -2.27. The topological polar surface area (TPSA) is 110 Å². The van der Waals surface area contributed by atoms with E-state index in [1.807, 2.05) is 0 Å². The summed E-state index contributed by atoms with van der Waals surface area (Å²) in [4.78, 5) is 15.2. The van der Waals surface area contributed by atoms with Crippen molar-refractivity contribution in [1.82, 2.24) is 20.1 Å². The number of aliphatic hydroxyl groups excluding tert-OH is 2. The van der Waals surface area contributed by atoms with Crippen LogP contribution in [0, 0.1) is 0 Å². The van der Waals surface area contributed by atoms with Crippen LogP contribution in [0.3, 0.4) is 0 Å². The second-order valence-corrected chi connectivity index (χ2v) is 3.15. The summed E-state index contributed by atoms with van der Waals surface area (Å²) in [5, 5.41) is 23.4. The van der Waals surface area contributed by atoms with Gasteiger partial charge in [-0.2, -0.15) is 0 Å². The number of aliphatic hydroxyl groups is 2. The quantitative estimate of drug-likeness (QED) is 0.457. The Morgan fingerprint density at radius 1 is 1.41 bits per heavy atom. The summed E-state index contributed by atoms with van der Waals surface area (Å²) in [6.45, 7) is 1.15. The van der Waals surface area contributed by atoms with Crippen molar-refractivity contribution in [3.63, 3.8) is 0 Å². The molecule has 1 rings (SSSR count). The van der Waals surface area contributed by atoms with Crippen LogP contribution in [0.15, 0.2) is 6.33 Å². The summed E-state index contributed by atoms with van der Waals surface area (Å²) in [7, 11) is 0. The predicted octanol–water partition coefficient (Wildman–Crippen LogP) is -1.99. The van der Waals surface area contributed by atoms with E-state index in [4.69, 9.17) is 14.9 Å². The molecule has 0 fully saturated rings. The highest BCUT2D eigenvalue weighted by Gasteiger charge is 2.10. The molecule has 0 spiro atoms. The number of hydrogen-bond donors (Lipinski definition) is 3. The summed E-state index contributed by atoms with van der Waals surface area (Å²) in [6, 6.07) is 0. The lowest BCUT2D eigenvalue weighted by Gasteiger charge is -2.01. The minimum atomic E-state index is -0.422. The molecule has 0 bridgehead atoms. The molecule has 0 saturated carbocycles. The van der Waals surface area contributed by atoms with Gasteiger partial charge in [-0.15, -0.1) is 5.10 Å². The number of carbonyl (C=O) groups excluding carboxylic acids is 1. The lowest BCUT2D eigenvalue weighted by molar-refractivity contribution is 0.0849. The van der Waals surface area contributed by atoms with Gasteiger partial charge >= 0.3 is 0 Å². The second kappa shape index (κ2) is 7.71. The van der Waals surface area contributed by atoms with E-state index in [2.05, 4.69) is 15.4 Å². The Morgan fingerprint density at radius 2 is 2.24 bits per heavy atom. The zero-order valence-corrected chi connectivity index (χ0v) is 9.37. The van der Waals surface area contributed by atoms with Gasteiger partial charge in [0.05, 0.1) is 33.0 Å². The molecule has 1 amide bonds. The summed E-state index contributed by atoms with van der Waals surface area (Å²) < 4.78 is 6.53. The van der Waals surface area contributed by atoms with Gasteiger partial charge in [0.1, 0.15) is 6.33 Å². The molecule has 17 heavy (non-hydrogen) atoms. The summed E-state index contributed by atoms with van der Waals surface area (Å²) in [5.41, 5.74) is 0. The van der Waals surface area contributed by atoms with Crippen molar-refractivity contribution in [3.05, 3.63) is 12.2 Å². The molecule has 0 aliphatic rings. The van der Waals surface area contributed by atoms with Gasteiger partial charge in [-0.3, -0.25) is 4.79 Å². The van der Waals surface area contributed by atoms with Gasteiger partial charge in [-0.25, -0.2) is 9.67 Å². The first-order valence-corrected chi connectivity index (χ1v) is 5.25. The number of nitrogens with zero attached hydrogens (tertiary/aromatic N) is 3. The second-order valence-electron chi connectivity index (χ2n) is 3.15. The Balaban J connectivity index is 2.34. The summed E-state index contributed by atoms with van der Waals surface area (Å²) >= 11 is 0. The van der Waals surface area contributed by atoms with Crippen molar-refractivity contribution in [3.8, 4) is 0 Å². The van der Waals surface area contributed by atoms with Crippen LogP contribution in [-0.2, 0) is 11.3 Å². The van der Waals surface area contributed by atoms with E-state index in [-0.39, 0.29) is 32.2 Å². The van der Waals surface area contributed by atoms with Crippen LogP contribution in [0.1, 0.15) is 10.6 Å². The van der Waals surface area contributed by atoms with Gasteiger partial charge in [0.15, 0.2) is 0 Å². The van der Waals surface area contributed by atoms with Gasteiger partial charge in [-0.1, -0.05) is 0 Å². The molecule has 0 aliphatic heterocycles. The maximum Gasteiger partial charge on any atom is 0.291 e. The van der Waals surface area contributed by atoms with Crippen molar-refractivity contribution in [2.75, 3.05) is 33.0 Å². The van der Waals surface area contributed by atoms with Crippen LogP contribution in [0.25, 0.3) is 0 Å². The highest BCUT2D eigenvalue weighted by molar-refractivity contribution is 5.90. The Bertz CT molecular complexity index is 341. The minimum Gasteiger partial charge on any atom is -0.395 e. The third-order valence-electron chi connectivity index (χ3n) is 1.84. The standard InChI is InChI=1S/C9H16N4O4/c14-3-1-10-9(16)8-11-7-13(12-8)2-5-17-6-4-15/h7,14-15H,1-6H2,(H,10,16). The molecule has 1 aromatic heterocycles. The molecule has 0 unspecified atom stereocenters. The molecule has 0 aromatic carbocycles. The highest BCUT2D eigenvalue weighted by atomic mass is 16.5. The average molecular weight is 244 g/mol. The summed E-state index contributed by atoms with van der Waals surface area (Å²) in [6.07, 6.45) is 1.43. The van der Waals surface area contributed by atoms with Gasteiger partial charge in [0, 0.05) is 6.54 Å². The van der Waals surface area contributed by atoms with E-state index in [1.165, 1.54) is 11.0 Å². The van der Waals surface area contributed by atoms with E-state index < -0.39 is 5.91 Å². The summed E-state index contributed by atoms with van der Waals surface area (Å²) in [5.74, 6) is -0.366. The Kier molecular flexibility index (Phi) is 6.15. The first-order chi connectivity index (χ1) is 8.27. The van der Waals surface area contributed by atoms with E-state index in [0.717, 1.165) is 0 Å². The van der Waals surface area contributed by atoms with E-state index in [9.17, 15) is 4.79 Å². The monoisotopic (exact) mass is 244 g/mol. The van der Waals surface area contributed by atoms with Crippen molar-refractivity contribution >= 4 is 5.91 Å². The predicted molar refractivity (Wildman–Crippen MR) is 57.3 cm³/mol. The van der Waals surface area contributed by atoms with Crippen molar-refractivity contribution in [1.29, 1.82) is 0 Å². The van der Waals surface area contributed by atoms with Crippen molar-refractivity contribution in [2.24, 2.45) is 0 Å². The van der Waals surface area contributed by atoms with Crippen molar-refractivity contribution < 1.29 is 19.7 Å². The van der Waals surface area contributed by atoms with Gasteiger partial charge in [-0.05, 0) is 0 Å². The Hall–Kier alpha value is -1.51. The fourth-order valence-corrected chi connectivity index (χ4v) is 1.08. The first-order valence-electron chi connectivity index (χ1n) is 5.25. The van der Waals surface area contributed by atoms with Crippen LogP contribution in [-0.4, -0.2) is 63.9 Å². The van der Waals surface area contributed by atoms with Crippen LogP contribution in [0.5, 0.6) is 0 Å². The molecule has 3 N–H and O–H groups in total. The van der Waals surface area contributed by atoms with Crippen LogP contribution >= 0.6 is 0 Å². The molecular formula is C9H16N4O4. The molecular weight excluding hydrogens is 228 g/mol. The van der Waals surface area contributed by atoms with Crippen LogP contribution in [0.4, 0.5) is 0 Å². The Morgan fingerprint density at radius 3 is 2.94 bits per heavy atom. The number of rotatable bonds is 8. The lowest BCUT2D eigenvalue weighted by atomic mass is 10.5. The van der Waals surface area contributed by atoms with Crippen molar-refractivity contribution in [2.45, 2.75) is 6.54 Å². The SMILES string of the molecule is O=C(NCCO)c1ncn(CCOCCO)n1. The van der Waals surface area contributed by atoms with E-state index >= 15 is 0 Å². The molecule has 8 heteroatoms.